The smallest absolute Gasteiger partial charge is 0.445 e. The van der Waals surface area contributed by atoms with Crippen LogP contribution in [-0.4, -0.2) is 6.98 Å². The molecule has 0 amide bonds. The van der Waals surface area contributed by atoms with Crippen molar-refractivity contribution in [3.05, 3.63) is 29.3 Å². The second-order valence-corrected chi connectivity index (χ2v) is 2.46. The van der Waals surface area contributed by atoms with Gasteiger partial charge in [0, 0.05) is 0 Å². The molecule has 1 aromatic rings. The molecule has 0 N–H and O–H groups in total. The van der Waals surface area contributed by atoms with E-state index in [1.54, 1.807) is 0 Å². The van der Waals surface area contributed by atoms with E-state index in [2.05, 4.69) is 0 Å². The zero-order chi connectivity index (χ0) is 11.1. The Morgan fingerprint density at radius 1 is 0.800 bits per heavy atom. The van der Waals surface area contributed by atoms with Crippen molar-refractivity contribution in [1.82, 2.24) is 0 Å². The topological polar surface area (TPSA) is 0 Å². The van der Waals surface area contributed by atoms with E-state index in [1.165, 1.54) is 0 Å². The number of rotatable bonds is 1. The molecule has 0 radical (unpaired) electrons. The van der Waals surface area contributed by atoms with Crippen LogP contribution in [0.3, 0.4) is 0 Å². The summed E-state index contributed by atoms with van der Waals surface area (Å²) in [6, 6.07) is -0.409. The van der Waals surface area contributed by atoms with Crippen LogP contribution in [0.15, 0.2) is 6.07 Å². The Morgan fingerprint density at radius 2 is 1.27 bits per heavy atom. The minimum atomic E-state index is -5.90. The SMILES string of the molecule is Fc1cc([B-](F)(F)F)c(F)c(F)c1F.[K+]. The maximum absolute atomic E-state index is 12.5. The molecule has 0 saturated carbocycles. The van der Waals surface area contributed by atoms with Crippen LogP contribution in [0.25, 0.3) is 0 Å². The molecule has 15 heavy (non-hydrogen) atoms. The first-order valence-corrected chi connectivity index (χ1v) is 3.28. The standard InChI is InChI=1S/C6HBF7.K/c8-3-1-2(7(12,13)14)4(9)6(11)5(3)10;/h1H;/q-1;+1. The van der Waals surface area contributed by atoms with Gasteiger partial charge in [-0.2, -0.15) is 0 Å². The first kappa shape index (κ1) is 15.4. The fourth-order valence-electron chi connectivity index (χ4n) is 0.829. The van der Waals surface area contributed by atoms with Crippen LogP contribution in [-0.2, 0) is 0 Å². The molecule has 0 spiro atoms. The van der Waals surface area contributed by atoms with Gasteiger partial charge in [0.2, 0.25) is 0 Å². The maximum atomic E-state index is 12.5. The minimum absolute atomic E-state index is 0. The van der Waals surface area contributed by atoms with E-state index in [9.17, 15) is 30.5 Å². The van der Waals surface area contributed by atoms with Gasteiger partial charge >= 0.3 is 58.4 Å². The molecular formula is C6HBF7K. The second-order valence-electron chi connectivity index (χ2n) is 2.46. The van der Waals surface area contributed by atoms with Gasteiger partial charge in [-0.3, -0.25) is 0 Å². The van der Waals surface area contributed by atoms with E-state index in [0.29, 0.717) is 0 Å². The van der Waals surface area contributed by atoms with Crippen molar-refractivity contribution in [2.75, 3.05) is 0 Å². The number of halogens is 7. The summed E-state index contributed by atoms with van der Waals surface area (Å²) in [4.78, 5) is 0. The van der Waals surface area contributed by atoms with Crippen LogP contribution in [0, 0.1) is 23.3 Å². The van der Waals surface area contributed by atoms with Crippen LogP contribution in [0.2, 0.25) is 0 Å². The van der Waals surface area contributed by atoms with Crippen LogP contribution < -0.4 is 56.8 Å². The molecule has 1 aromatic carbocycles. The molecule has 0 aliphatic heterocycles. The van der Waals surface area contributed by atoms with Gasteiger partial charge in [-0.1, -0.05) is 5.46 Å². The average molecular weight is 256 g/mol. The Morgan fingerprint density at radius 3 is 1.67 bits per heavy atom. The zero-order valence-corrected chi connectivity index (χ0v) is 10.4. The van der Waals surface area contributed by atoms with E-state index in [-0.39, 0.29) is 51.4 Å². The third-order valence-corrected chi connectivity index (χ3v) is 1.48. The molecule has 0 bridgehead atoms. The average Bonchev–Trinajstić information content (AvgIpc) is 2.06. The summed E-state index contributed by atoms with van der Waals surface area (Å²) < 4.78 is 85.0. The van der Waals surface area contributed by atoms with E-state index in [0.717, 1.165) is 0 Å². The van der Waals surface area contributed by atoms with Crippen molar-refractivity contribution in [3.63, 3.8) is 0 Å². The summed E-state index contributed by atoms with van der Waals surface area (Å²) in [6.45, 7) is -5.90. The van der Waals surface area contributed by atoms with Crippen molar-refractivity contribution < 1.29 is 81.9 Å². The number of hydrogen-bond donors (Lipinski definition) is 0. The van der Waals surface area contributed by atoms with Crippen LogP contribution >= 0.6 is 0 Å². The third-order valence-electron chi connectivity index (χ3n) is 1.48. The predicted molar refractivity (Wildman–Crippen MR) is 35.0 cm³/mol. The molecule has 0 aliphatic rings. The first-order chi connectivity index (χ1) is 6.25. The fourth-order valence-corrected chi connectivity index (χ4v) is 0.829. The third kappa shape index (κ3) is 3.19. The second kappa shape index (κ2) is 5.17. The summed E-state index contributed by atoms with van der Waals surface area (Å²) in [7, 11) is 0. The van der Waals surface area contributed by atoms with E-state index < -0.39 is 41.8 Å². The van der Waals surface area contributed by atoms with Gasteiger partial charge < -0.3 is 12.9 Å². The molecule has 0 unspecified atom stereocenters. The fraction of sp³-hybridized carbons (Fsp3) is 0. The molecule has 0 nitrogen and oxygen atoms in total. The molecule has 0 atom stereocenters. The van der Waals surface area contributed by atoms with Crippen molar-refractivity contribution >= 4 is 12.4 Å². The van der Waals surface area contributed by atoms with E-state index in [4.69, 9.17) is 0 Å². The summed E-state index contributed by atoms with van der Waals surface area (Å²) >= 11 is 0. The quantitative estimate of drug-likeness (QED) is 0.270. The molecule has 78 valence electrons. The summed E-state index contributed by atoms with van der Waals surface area (Å²) in [5.41, 5.74) is -2.11. The van der Waals surface area contributed by atoms with E-state index in [1.807, 2.05) is 0 Å². The van der Waals surface area contributed by atoms with Gasteiger partial charge in [-0.15, -0.1) is 0 Å². The molecule has 1 rings (SSSR count). The summed E-state index contributed by atoms with van der Waals surface area (Å²) in [6.07, 6.45) is 0. The molecule has 9 heteroatoms. The van der Waals surface area contributed by atoms with Crippen molar-refractivity contribution in [1.29, 1.82) is 0 Å². The first-order valence-electron chi connectivity index (χ1n) is 3.28. The van der Waals surface area contributed by atoms with Crippen molar-refractivity contribution in [2.24, 2.45) is 0 Å². The van der Waals surface area contributed by atoms with Crippen LogP contribution in [0.5, 0.6) is 0 Å². The molecule has 0 aromatic heterocycles. The normalized spacial score (nSPS) is 11.1. The molecular weight excluding hydrogens is 255 g/mol. The summed E-state index contributed by atoms with van der Waals surface area (Å²) in [5.74, 6) is -9.21. The van der Waals surface area contributed by atoms with E-state index >= 15 is 0 Å². The zero-order valence-electron chi connectivity index (χ0n) is 7.30. The number of benzene rings is 1. The number of hydrogen-bond acceptors (Lipinski definition) is 0. The molecule has 0 saturated heterocycles. The maximum Gasteiger partial charge on any atom is 1.00 e. The van der Waals surface area contributed by atoms with Gasteiger partial charge in [0.1, 0.15) is 5.82 Å². The Labute approximate surface area is 122 Å². The Hall–Kier alpha value is 0.431. The predicted octanol–water partition coefficient (Wildman–Crippen LogP) is -0.699. The monoisotopic (exact) mass is 256 g/mol. The van der Waals surface area contributed by atoms with Gasteiger partial charge in [-0.05, 0) is 6.07 Å². The van der Waals surface area contributed by atoms with Gasteiger partial charge in [0.25, 0.3) is 0 Å². The van der Waals surface area contributed by atoms with Gasteiger partial charge in [0.15, 0.2) is 17.5 Å². The molecule has 0 aliphatic carbocycles. The van der Waals surface area contributed by atoms with Gasteiger partial charge in [-0.25, -0.2) is 17.6 Å². The van der Waals surface area contributed by atoms with Crippen molar-refractivity contribution in [3.8, 4) is 0 Å². The Kier molecular flexibility index (Phi) is 5.32. The van der Waals surface area contributed by atoms with Gasteiger partial charge in [0.05, 0.1) is 0 Å². The molecule has 0 heterocycles. The largest absolute Gasteiger partial charge is 1.00 e. The van der Waals surface area contributed by atoms with Crippen LogP contribution in [0.1, 0.15) is 0 Å². The summed E-state index contributed by atoms with van der Waals surface area (Å²) in [5, 5.41) is 0. The van der Waals surface area contributed by atoms with Crippen LogP contribution in [0.4, 0.5) is 30.5 Å². The minimum Gasteiger partial charge on any atom is -0.445 e. The Bertz CT molecular complexity index is 375. The Balaban J connectivity index is 0.00000196. The molecule has 0 fully saturated rings. The van der Waals surface area contributed by atoms with Crippen molar-refractivity contribution in [2.45, 2.75) is 0 Å².